The number of para-hydroxylation sites is 2. The van der Waals surface area contributed by atoms with Crippen LogP contribution in [0, 0.1) is 0 Å². The number of carbonyl (C=O) groups excluding carboxylic acids is 1. The summed E-state index contributed by atoms with van der Waals surface area (Å²) < 4.78 is 3.50. The molecule has 0 saturated carbocycles. The zero-order valence-corrected chi connectivity index (χ0v) is 14.0. The van der Waals surface area contributed by atoms with Gasteiger partial charge in [0.2, 0.25) is 5.91 Å². The van der Waals surface area contributed by atoms with E-state index in [0.29, 0.717) is 26.1 Å². The van der Waals surface area contributed by atoms with Gasteiger partial charge in [0.15, 0.2) is 0 Å². The van der Waals surface area contributed by atoms with Gasteiger partial charge in [0, 0.05) is 26.1 Å². The molecule has 0 aliphatic carbocycles. The third-order valence-electron chi connectivity index (χ3n) is 3.86. The fraction of sp³-hybridized carbons (Fsp3) is 0.529. The predicted octanol–water partition coefficient (Wildman–Crippen LogP) is 1.33. The van der Waals surface area contributed by atoms with Crippen LogP contribution in [0.4, 0.5) is 0 Å². The molecule has 1 heterocycles. The first kappa shape index (κ1) is 17.3. The van der Waals surface area contributed by atoms with Crippen molar-refractivity contribution in [2.24, 2.45) is 0 Å². The number of aryl methyl sites for hydroxylation is 2. The van der Waals surface area contributed by atoms with Crippen molar-refractivity contribution in [3.63, 3.8) is 0 Å². The first-order valence-corrected chi connectivity index (χ1v) is 8.28. The second-order valence-corrected chi connectivity index (χ2v) is 5.63. The monoisotopic (exact) mass is 318 g/mol. The third-order valence-corrected chi connectivity index (χ3v) is 3.86. The van der Waals surface area contributed by atoms with Gasteiger partial charge in [-0.1, -0.05) is 19.1 Å². The number of nitrogens with one attached hydrogen (secondary N) is 2. The zero-order chi connectivity index (χ0) is 16.7. The lowest BCUT2D eigenvalue weighted by molar-refractivity contribution is -0.121. The van der Waals surface area contributed by atoms with E-state index in [1.807, 2.05) is 31.3 Å². The minimum absolute atomic E-state index is 0.0136. The van der Waals surface area contributed by atoms with Crippen LogP contribution in [0.25, 0.3) is 11.0 Å². The second-order valence-electron chi connectivity index (χ2n) is 5.63. The molecule has 0 bridgehead atoms. The molecule has 1 aromatic heterocycles. The third kappa shape index (κ3) is 4.22. The molecule has 23 heavy (non-hydrogen) atoms. The van der Waals surface area contributed by atoms with Crippen LogP contribution >= 0.6 is 0 Å². The Morgan fingerprint density at radius 3 is 2.35 bits per heavy atom. The maximum atomic E-state index is 12.6. The summed E-state index contributed by atoms with van der Waals surface area (Å²) in [5.74, 6) is -0.0136. The summed E-state index contributed by atoms with van der Waals surface area (Å²) in [5, 5.41) is 5.93. The number of hydrogen-bond donors (Lipinski definition) is 2. The first-order valence-electron chi connectivity index (χ1n) is 8.28. The van der Waals surface area contributed by atoms with Gasteiger partial charge in [0.05, 0.1) is 11.0 Å². The van der Waals surface area contributed by atoms with E-state index in [-0.39, 0.29) is 11.6 Å². The molecule has 1 aromatic carbocycles. The maximum Gasteiger partial charge on any atom is 0.329 e. The second kappa shape index (κ2) is 8.53. The highest BCUT2D eigenvalue weighted by Gasteiger charge is 2.13. The molecule has 0 unspecified atom stereocenters. The van der Waals surface area contributed by atoms with Crippen LogP contribution in [-0.2, 0) is 17.9 Å². The molecule has 6 nitrogen and oxygen atoms in total. The van der Waals surface area contributed by atoms with Gasteiger partial charge in [-0.25, -0.2) is 4.79 Å². The van der Waals surface area contributed by atoms with Crippen molar-refractivity contribution in [1.82, 2.24) is 19.8 Å². The Balaban J connectivity index is 2.07. The lowest BCUT2D eigenvalue weighted by atomic mass is 10.3. The van der Waals surface area contributed by atoms with Crippen molar-refractivity contribution < 1.29 is 4.79 Å². The number of nitrogens with zero attached hydrogens (tertiary/aromatic N) is 2. The zero-order valence-electron chi connectivity index (χ0n) is 14.0. The molecule has 2 aromatic rings. The Hall–Kier alpha value is -2.08. The largest absolute Gasteiger partial charge is 0.356 e. The lowest BCUT2D eigenvalue weighted by Gasteiger charge is -2.06. The van der Waals surface area contributed by atoms with Gasteiger partial charge in [-0.3, -0.25) is 13.9 Å². The Morgan fingerprint density at radius 1 is 1.09 bits per heavy atom. The molecular weight excluding hydrogens is 292 g/mol. The van der Waals surface area contributed by atoms with Gasteiger partial charge >= 0.3 is 5.69 Å². The van der Waals surface area contributed by atoms with E-state index < -0.39 is 0 Å². The van der Waals surface area contributed by atoms with Crippen LogP contribution in [0.3, 0.4) is 0 Å². The highest BCUT2D eigenvalue weighted by atomic mass is 16.2. The number of amides is 1. The van der Waals surface area contributed by atoms with Crippen molar-refractivity contribution in [3.05, 3.63) is 34.7 Å². The van der Waals surface area contributed by atoms with Crippen LogP contribution in [0.15, 0.2) is 29.1 Å². The standard InChI is InChI=1S/C17H26N4O2/c1-3-12-20-14-7-4-5-8-15(14)21(17(20)23)13-9-16(22)19-11-6-10-18-2/h4-5,7-8,18H,3,6,9-13H2,1-2H3,(H,19,22). The average Bonchev–Trinajstić information content (AvgIpc) is 2.82. The summed E-state index contributed by atoms with van der Waals surface area (Å²) in [5.41, 5.74) is 1.80. The topological polar surface area (TPSA) is 68.1 Å². The molecule has 126 valence electrons. The number of hydrogen-bond acceptors (Lipinski definition) is 3. The van der Waals surface area contributed by atoms with E-state index in [0.717, 1.165) is 30.4 Å². The van der Waals surface area contributed by atoms with Gasteiger partial charge in [-0.15, -0.1) is 0 Å². The molecule has 0 fully saturated rings. The molecule has 6 heteroatoms. The number of imidazole rings is 1. The van der Waals surface area contributed by atoms with Crippen molar-refractivity contribution in [3.8, 4) is 0 Å². The van der Waals surface area contributed by atoms with E-state index in [4.69, 9.17) is 0 Å². The normalized spacial score (nSPS) is 11.0. The quantitative estimate of drug-likeness (QED) is 0.685. The first-order chi connectivity index (χ1) is 11.2. The molecule has 0 aliphatic rings. The molecular formula is C17H26N4O2. The van der Waals surface area contributed by atoms with Crippen LogP contribution in [-0.4, -0.2) is 35.2 Å². The van der Waals surface area contributed by atoms with E-state index in [1.54, 1.807) is 9.13 Å². The van der Waals surface area contributed by atoms with Crippen LogP contribution in [0.1, 0.15) is 26.2 Å². The number of carbonyl (C=O) groups is 1. The molecule has 0 saturated heterocycles. The van der Waals surface area contributed by atoms with E-state index >= 15 is 0 Å². The fourth-order valence-corrected chi connectivity index (χ4v) is 2.72. The van der Waals surface area contributed by atoms with Crippen molar-refractivity contribution in [2.75, 3.05) is 20.1 Å². The summed E-state index contributed by atoms with van der Waals surface area (Å²) in [7, 11) is 1.89. The molecule has 0 radical (unpaired) electrons. The summed E-state index contributed by atoms with van der Waals surface area (Å²) in [6.07, 6.45) is 2.12. The molecule has 0 aliphatic heterocycles. The summed E-state index contributed by atoms with van der Waals surface area (Å²) in [4.78, 5) is 24.5. The van der Waals surface area contributed by atoms with Gasteiger partial charge < -0.3 is 10.6 Å². The Morgan fingerprint density at radius 2 is 1.74 bits per heavy atom. The van der Waals surface area contributed by atoms with Crippen LogP contribution in [0.5, 0.6) is 0 Å². The van der Waals surface area contributed by atoms with E-state index in [2.05, 4.69) is 17.6 Å². The molecule has 0 spiro atoms. The Labute approximate surface area is 136 Å². The van der Waals surface area contributed by atoms with Crippen LogP contribution < -0.4 is 16.3 Å². The van der Waals surface area contributed by atoms with Gasteiger partial charge in [-0.05, 0) is 38.6 Å². The highest BCUT2D eigenvalue weighted by molar-refractivity contribution is 5.77. The summed E-state index contributed by atoms with van der Waals surface area (Å²) in [6.45, 7) is 4.70. The van der Waals surface area contributed by atoms with Gasteiger partial charge in [-0.2, -0.15) is 0 Å². The highest BCUT2D eigenvalue weighted by Crippen LogP contribution is 2.13. The molecule has 2 N–H and O–H groups in total. The smallest absolute Gasteiger partial charge is 0.329 e. The van der Waals surface area contributed by atoms with Gasteiger partial charge in [0.1, 0.15) is 0 Å². The Bertz CT molecular complexity index is 702. The SMILES string of the molecule is CCCn1c(=O)n(CCC(=O)NCCCNC)c2ccccc21. The number of rotatable bonds is 9. The minimum atomic E-state index is -0.0315. The fourth-order valence-electron chi connectivity index (χ4n) is 2.72. The van der Waals surface area contributed by atoms with E-state index in [9.17, 15) is 9.59 Å². The summed E-state index contributed by atoms with van der Waals surface area (Å²) in [6, 6.07) is 7.76. The molecule has 2 rings (SSSR count). The number of benzene rings is 1. The van der Waals surface area contributed by atoms with Crippen molar-refractivity contribution in [2.45, 2.75) is 39.3 Å². The van der Waals surface area contributed by atoms with E-state index in [1.165, 1.54) is 0 Å². The van der Waals surface area contributed by atoms with Crippen molar-refractivity contribution in [1.29, 1.82) is 0 Å². The molecule has 1 amide bonds. The van der Waals surface area contributed by atoms with Crippen LogP contribution in [0.2, 0.25) is 0 Å². The molecule has 0 atom stereocenters. The number of fused-ring (bicyclic) bond motifs is 1. The summed E-state index contributed by atoms with van der Waals surface area (Å²) >= 11 is 0. The lowest BCUT2D eigenvalue weighted by Crippen LogP contribution is -2.30. The average molecular weight is 318 g/mol. The number of aromatic nitrogens is 2. The minimum Gasteiger partial charge on any atom is -0.356 e. The van der Waals surface area contributed by atoms with Crippen molar-refractivity contribution >= 4 is 16.9 Å². The Kier molecular flexibility index (Phi) is 6.40. The van der Waals surface area contributed by atoms with Gasteiger partial charge in [0.25, 0.3) is 0 Å². The maximum absolute atomic E-state index is 12.6. The predicted molar refractivity (Wildman–Crippen MR) is 92.7 cm³/mol.